The second kappa shape index (κ2) is 9.73. The largest absolute Gasteiger partial charge is 0.424 e. The van der Waals surface area contributed by atoms with Gasteiger partial charge in [0.05, 0.1) is 30.0 Å². The van der Waals surface area contributed by atoms with E-state index in [1.165, 1.54) is 18.8 Å². The number of halogens is 2. The summed E-state index contributed by atoms with van der Waals surface area (Å²) < 4.78 is 34.1. The smallest absolute Gasteiger partial charge is 0.323 e. The van der Waals surface area contributed by atoms with Gasteiger partial charge in [-0.2, -0.15) is 0 Å². The molecule has 10 nitrogen and oxygen atoms in total. The van der Waals surface area contributed by atoms with Gasteiger partial charge in [0.25, 0.3) is 0 Å². The summed E-state index contributed by atoms with van der Waals surface area (Å²) in [6.07, 6.45) is 5.66. The number of aromatic nitrogens is 5. The first-order chi connectivity index (χ1) is 18.5. The van der Waals surface area contributed by atoms with Crippen LogP contribution in [-0.4, -0.2) is 43.7 Å². The topological polar surface area (TPSA) is 110 Å². The molecular formula is C26H20F2N8O2. The van der Waals surface area contributed by atoms with Gasteiger partial charge in [0, 0.05) is 30.4 Å². The van der Waals surface area contributed by atoms with Gasteiger partial charge in [-0.25, -0.2) is 33.0 Å². The molecule has 1 aliphatic rings. The molecule has 2 N–H and O–H groups in total. The Bertz CT molecular complexity index is 1600. The van der Waals surface area contributed by atoms with Crippen molar-refractivity contribution in [2.75, 3.05) is 28.6 Å². The van der Waals surface area contributed by atoms with Gasteiger partial charge >= 0.3 is 12.0 Å². The molecule has 1 fully saturated rings. The quantitative estimate of drug-likeness (QED) is 0.324. The number of carbonyl (C=O) groups excluding carboxylic acids is 1. The van der Waals surface area contributed by atoms with Crippen molar-refractivity contribution < 1.29 is 18.3 Å². The summed E-state index contributed by atoms with van der Waals surface area (Å²) in [6, 6.07) is 13.4. The van der Waals surface area contributed by atoms with E-state index in [0.717, 1.165) is 47.9 Å². The second-order valence-corrected chi connectivity index (χ2v) is 8.56. The molecule has 2 aromatic carbocycles. The third-order valence-corrected chi connectivity index (χ3v) is 5.89. The van der Waals surface area contributed by atoms with E-state index in [2.05, 4.69) is 30.5 Å². The number of ether oxygens (including phenoxy) is 1. The van der Waals surface area contributed by atoms with Gasteiger partial charge in [-0.15, -0.1) is 5.10 Å². The standard InChI is InChI=1S/C26H20F2N8O2/c27-17-10-18(28)12-19(11-17)32-25(37)33-20-13-30-26(31-14-20)38-21-4-2-16(3-5-21)22-15-29-23-6-7-24(34-36(22)23)35-8-1-9-35/h2-7,10-15H,1,8-9H2,(H2,32,33,37). The Morgan fingerprint density at radius 2 is 1.55 bits per heavy atom. The Labute approximate surface area is 214 Å². The zero-order chi connectivity index (χ0) is 26.1. The lowest BCUT2D eigenvalue weighted by molar-refractivity contribution is 0.262. The molecule has 0 bridgehead atoms. The summed E-state index contributed by atoms with van der Waals surface area (Å²) in [6.45, 7) is 2.02. The lowest BCUT2D eigenvalue weighted by Gasteiger charge is -2.31. The molecule has 2 amide bonds. The van der Waals surface area contributed by atoms with E-state index < -0.39 is 17.7 Å². The van der Waals surface area contributed by atoms with Crippen LogP contribution >= 0.6 is 0 Å². The van der Waals surface area contributed by atoms with Gasteiger partial charge in [0.1, 0.15) is 23.2 Å². The SMILES string of the molecule is O=C(Nc1cnc(Oc2ccc(-c3cnc4ccc(N5CCC5)nn34)cc2)nc1)Nc1cc(F)cc(F)c1. The fraction of sp³-hybridized carbons (Fsp3) is 0.115. The van der Waals surface area contributed by atoms with Crippen molar-refractivity contribution in [3.8, 4) is 23.0 Å². The molecule has 0 radical (unpaired) electrons. The minimum Gasteiger partial charge on any atom is -0.424 e. The Morgan fingerprint density at radius 3 is 2.24 bits per heavy atom. The number of fused-ring (bicyclic) bond motifs is 1. The van der Waals surface area contributed by atoms with Crippen LogP contribution in [0, 0.1) is 11.6 Å². The van der Waals surface area contributed by atoms with Crippen LogP contribution in [0.4, 0.5) is 30.8 Å². The first-order valence-corrected chi connectivity index (χ1v) is 11.7. The van der Waals surface area contributed by atoms with Crippen LogP contribution in [0.15, 0.2) is 73.2 Å². The van der Waals surface area contributed by atoms with E-state index in [4.69, 9.17) is 9.84 Å². The van der Waals surface area contributed by atoms with Gasteiger partial charge in [-0.3, -0.25) is 0 Å². The number of imidazole rings is 1. The highest BCUT2D eigenvalue weighted by atomic mass is 19.1. The fourth-order valence-corrected chi connectivity index (χ4v) is 3.93. The summed E-state index contributed by atoms with van der Waals surface area (Å²) in [4.78, 5) is 26.9. The molecule has 0 unspecified atom stereocenters. The predicted octanol–water partition coefficient (Wildman–Crippen LogP) is 5.11. The van der Waals surface area contributed by atoms with Gasteiger partial charge in [-0.05, 0) is 55.0 Å². The first-order valence-electron chi connectivity index (χ1n) is 11.7. The molecule has 190 valence electrons. The lowest BCUT2D eigenvalue weighted by Crippen LogP contribution is -2.37. The third kappa shape index (κ3) is 4.91. The lowest BCUT2D eigenvalue weighted by atomic mass is 10.1. The van der Waals surface area contributed by atoms with Crippen molar-refractivity contribution in [1.29, 1.82) is 0 Å². The Morgan fingerprint density at radius 1 is 0.842 bits per heavy atom. The van der Waals surface area contributed by atoms with Gasteiger partial charge in [-0.1, -0.05) is 0 Å². The number of hydrogen-bond donors (Lipinski definition) is 2. The van der Waals surface area contributed by atoms with Gasteiger partial charge in [0.15, 0.2) is 5.65 Å². The minimum atomic E-state index is -0.801. The van der Waals surface area contributed by atoms with Gasteiger partial charge < -0.3 is 20.3 Å². The minimum absolute atomic E-state index is 0.0272. The second-order valence-electron chi connectivity index (χ2n) is 8.56. The van der Waals surface area contributed by atoms with Crippen molar-refractivity contribution >= 4 is 28.9 Å². The Hall–Kier alpha value is -5.13. The molecule has 0 atom stereocenters. The Kier molecular flexibility index (Phi) is 5.96. The van der Waals surface area contributed by atoms with E-state index in [9.17, 15) is 13.6 Å². The monoisotopic (exact) mass is 514 g/mol. The average molecular weight is 514 g/mol. The molecule has 6 rings (SSSR count). The number of anilines is 3. The van der Waals surface area contributed by atoms with Crippen LogP contribution in [0.2, 0.25) is 0 Å². The highest BCUT2D eigenvalue weighted by molar-refractivity contribution is 5.99. The zero-order valence-corrected chi connectivity index (χ0v) is 19.8. The Balaban J connectivity index is 1.10. The van der Waals surface area contributed by atoms with E-state index in [-0.39, 0.29) is 17.4 Å². The van der Waals surface area contributed by atoms with Crippen molar-refractivity contribution in [2.45, 2.75) is 6.42 Å². The maximum Gasteiger partial charge on any atom is 0.323 e. The third-order valence-electron chi connectivity index (χ3n) is 5.89. The van der Waals surface area contributed by atoms with E-state index in [1.54, 1.807) is 18.3 Å². The molecule has 5 aromatic rings. The summed E-state index contributed by atoms with van der Waals surface area (Å²) in [5.74, 6) is -0.156. The van der Waals surface area contributed by atoms with Crippen molar-refractivity contribution in [2.24, 2.45) is 0 Å². The fourth-order valence-electron chi connectivity index (χ4n) is 3.93. The molecule has 3 aromatic heterocycles. The van der Waals surface area contributed by atoms with Crippen LogP contribution in [0.5, 0.6) is 11.8 Å². The number of hydrogen-bond acceptors (Lipinski definition) is 7. The van der Waals surface area contributed by atoms with Crippen LogP contribution in [0.3, 0.4) is 0 Å². The van der Waals surface area contributed by atoms with Crippen molar-refractivity contribution in [1.82, 2.24) is 24.6 Å². The number of nitrogens with one attached hydrogen (secondary N) is 2. The summed E-state index contributed by atoms with van der Waals surface area (Å²) in [7, 11) is 0. The van der Waals surface area contributed by atoms with Crippen molar-refractivity contribution in [3.05, 3.63) is 84.8 Å². The number of benzene rings is 2. The van der Waals surface area contributed by atoms with Crippen LogP contribution in [0.1, 0.15) is 6.42 Å². The zero-order valence-electron chi connectivity index (χ0n) is 19.8. The molecular weight excluding hydrogens is 494 g/mol. The van der Waals surface area contributed by atoms with Crippen LogP contribution in [-0.2, 0) is 0 Å². The molecule has 1 aliphatic heterocycles. The molecule has 1 saturated heterocycles. The molecule has 4 heterocycles. The molecule has 0 aliphatic carbocycles. The number of nitrogens with zero attached hydrogens (tertiary/aromatic N) is 6. The van der Waals surface area contributed by atoms with Crippen molar-refractivity contribution in [3.63, 3.8) is 0 Å². The number of carbonyl (C=O) groups is 1. The van der Waals surface area contributed by atoms with E-state index in [0.29, 0.717) is 11.8 Å². The number of rotatable bonds is 6. The van der Waals surface area contributed by atoms with Crippen LogP contribution < -0.4 is 20.3 Å². The number of urea groups is 1. The molecule has 12 heteroatoms. The highest BCUT2D eigenvalue weighted by Crippen LogP contribution is 2.26. The average Bonchev–Trinajstić information content (AvgIpc) is 3.27. The normalized spacial score (nSPS) is 12.7. The maximum absolute atomic E-state index is 13.3. The predicted molar refractivity (Wildman–Crippen MR) is 136 cm³/mol. The van der Waals surface area contributed by atoms with E-state index >= 15 is 0 Å². The van der Waals surface area contributed by atoms with Gasteiger partial charge in [0.2, 0.25) is 0 Å². The number of amides is 2. The maximum atomic E-state index is 13.3. The van der Waals surface area contributed by atoms with Crippen LogP contribution in [0.25, 0.3) is 16.9 Å². The molecule has 38 heavy (non-hydrogen) atoms. The first kappa shape index (κ1) is 23.3. The molecule has 0 spiro atoms. The van der Waals surface area contributed by atoms with E-state index in [1.807, 2.05) is 28.8 Å². The summed E-state index contributed by atoms with van der Waals surface area (Å²) >= 11 is 0. The summed E-state index contributed by atoms with van der Waals surface area (Å²) in [5.41, 5.74) is 2.78. The highest BCUT2D eigenvalue weighted by Gasteiger charge is 2.17. The molecule has 0 saturated carbocycles. The summed E-state index contributed by atoms with van der Waals surface area (Å²) in [5, 5.41) is 9.57.